The molecular formula is C17H26N2O2S. The lowest BCUT2D eigenvalue weighted by Crippen LogP contribution is -2.43. The summed E-state index contributed by atoms with van der Waals surface area (Å²) >= 11 is 5.33. The molecule has 122 valence electrons. The lowest BCUT2D eigenvalue weighted by atomic mass is 10.2. The topological polar surface area (TPSA) is 41.6 Å². The van der Waals surface area contributed by atoms with Gasteiger partial charge in [0.1, 0.15) is 5.75 Å². The van der Waals surface area contributed by atoms with Crippen molar-refractivity contribution in [2.24, 2.45) is 0 Å². The van der Waals surface area contributed by atoms with Crippen LogP contribution in [-0.4, -0.2) is 35.6 Å². The second-order valence-electron chi connectivity index (χ2n) is 5.12. The Morgan fingerprint density at radius 1 is 1.09 bits per heavy atom. The largest absolute Gasteiger partial charge is 0.494 e. The summed E-state index contributed by atoms with van der Waals surface area (Å²) in [6, 6.07) is 7.13. The SMILES string of the molecule is CCCOc1ccc(C(=O)NC(=S)N(CCC)CCC)cc1. The van der Waals surface area contributed by atoms with E-state index in [0.717, 1.165) is 38.1 Å². The number of nitrogens with zero attached hydrogens (tertiary/aromatic N) is 1. The van der Waals surface area contributed by atoms with Crippen LogP contribution in [0.2, 0.25) is 0 Å². The first kappa shape index (κ1) is 18.4. The maximum atomic E-state index is 12.2. The van der Waals surface area contributed by atoms with E-state index in [4.69, 9.17) is 17.0 Å². The van der Waals surface area contributed by atoms with Gasteiger partial charge >= 0.3 is 0 Å². The molecule has 0 aliphatic carbocycles. The predicted octanol–water partition coefficient (Wildman–Crippen LogP) is 3.61. The number of ether oxygens (including phenoxy) is 1. The van der Waals surface area contributed by atoms with Gasteiger partial charge in [-0.15, -0.1) is 0 Å². The van der Waals surface area contributed by atoms with Crippen LogP contribution in [0.15, 0.2) is 24.3 Å². The van der Waals surface area contributed by atoms with E-state index in [0.29, 0.717) is 17.3 Å². The summed E-state index contributed by atoms with van der Waals surface area (Å²) in [5.74, 6) is 0.601. The first-order valence-electron chi connectivity index (χ1n) is 7.95. The molecule has 0 unspecified atom stereocenters. The Morgan fingerprint density at radius 2 is 1.68 bits per heavy atom. The number of thiocarbonyl (C=S) groups is 1. The Labute approximate surface area is 138 Å². The van der Waals surface area contributed by atoms with Crippen LogP contribution in [0.25, 0.3) is 0 Å². The number of amides is 1. The average Bonchev–Trinajstić information content (AvgIpc) is 2.53. The van der Waals surface area contributed by atoms with Gasteiger partial charge in [-0.25, -0.2) is 0 Å². The van der Waals surface area contributed by atoms with E-state index in [2.05, 4.69) is 26.1 Å². The molecule has 0 spiro atoms. The van der Waals surface area contributed by atoms with Crippen molar-refractivity contribution in [1.29, 1.82) is 0 Å². The smallest absolute Gasteiger partial charge is 0.257 e. The van der Waals surface area contributed by atoms with Gasteiger partial charge < -0.3 is 9.64 Å². The molecule has 22 heavy (non-hydrogen) atoms. The number of hydrogen-bond donors (Lipinski definition) is 1. The minimum atomic E-state index is -0.177. The predicted molar refractivity (Wildman–Crippen MR) is 94.4 cm³/mol. The molecule has 1 amide bonds. The molecule has 1 aromatic rings. The summed E-state index contributed by atoms with van der Waals surface area (Å²) in [5.41, 5.74) is 0.583. The summed E-state index contributed by atoms with van der Waals surface area (Å²) in [6.45, 7) is 8.65. The number of carbonyl (C=O) groups excluding carboxylic acids is 1. The van der Waals surface area contributed by atoms with E-state index in [9.17, 15) is 4.79 Å². The number of hydrogen-bond acceptors (Lipinski definition) is 3. The van der Waals surface area contributed by atoms with Crippen molar-refractivity contribution in [3.63, 3.8) is 0 Å². The Hall–Kier alpha value is -1.62. The van der Waals surface area contributed by atoms with Crippen molar-refractivity contribution in [1.82, 2.24) is 10.2 Å². The van der Waals surface area contributed by atoms with E-state index in [1.54, 1.807) is 12.1 Å². The molecule has 1 rings (SSSR count). The zero-order valence-electron chi connectivity index (χ0n) is 13.7. The second-order valence-corrected chi connectivity index (χ2v) is 5.51. The van der Waals surface area contributed by atoms with E-state index >= 15 is 0 Å². The van der Waals surface area contributed by atoms with Gasteiger partial charge in [0.2, 0.25) is 0 Å². The van der Waals surface area contributed by atoms with Crippen LogP contribution in [0.4, 0.5) is 0 Å². The lowest BCUT2D eigenvalue weighted by Gasteiger charge is -2.24. The van der Waals surface area contributed by atoms with Crippen molar-refractivity contribution < 1.29 is 9.53 Å². The van der Waals surface area contributed by atoms with Crippen molar-refractivity contribution in [3.8, 4) is 5.75 Å². The molecule has 0 aliphatic heterocycles. The van der Waals surface area contributed by atoms with Crippen LogP contribution in [0, 0.1) is 0 Å². The van der Waals surface area contributed by atoms with Gasteiger partial charge in [0.05, 0.1) is 6.61 Å². The Bertz CT molecular complexity index is 468. The third-order valence-corrected chi connectivity index (χ3v) is 3.44. The molecule has 1 N–H and O–H groups in total. The average molecular weight is 322 g/mol. The van der Waals surface area contributed by atoms with Crippen LogP contribution in [0.1, 0.15) is 50.4 Å². The minimum absolute atomic E-state index is 0.177. The highest BCUT2D eigenvalue weighted by Gasteiger charge is 2.12. The highest BCUT2D eigenvalue weighted by molar-refractivity contribution is 7.80. The van der Waals surface area contributed by atoms with Gasteiger partial charge in [-0.2, -0.15) is 0 Å². The van der Waals surface area contributed by atoms with E-state index < -0.39 is 0 Å². The minimum Gasteiger partial charge on any atom is -0.494 e. The Balaban J connectivity index is 2.61. The van der Waals surface area contributed by atoms with Crippen molar-refractivity contribution in [3.05, 3.63) is 29.8 Å². The van der Waals surface area contributed by atoms with Crippen LogP contribution >= 0.6 is 12.2 Å². The summed E-state index contributed by atoms with van der Waals surface area (Å²) in [7, 11) is 0. The van der Waals surface area contributed by atoms with Gasteiger partial charge in [-0.1, -0.05) is 20.8 Å². The molecule has 0 radical (unpaired) electrons. The first-order valence-corrected chi connectivity index (χ1v) is 8.36. The second kappa shape index (κ2) is 10.2. The molecule has 0 aromatic heterocycles. The van der Waals surface area contributed by atoms with E-state index in [-0.39, 0.29) is 5.91 Å². The highest BCUT2D eigenvalue weighted by Crippen LogP contribution is 2.12. The monoisotopic (exact) mass is 322 g/mol. The van der Waals surface area contributed by atoms with Crippen molar-refractivity contribution in [2.45, 2.75) is 40.0 Å². The van der Waals surface area contributed by atoms with Crippen LogP contribution in [0.5, 0.6) is 5.75 Å². The fourth-order valence-corrected chi connectivity index (χ4v) is 2.30. The zero-order chi connectivity index (χ0) is 16.4. The summed E-state index contributed by atoms with van der Waals surface area (Å²) in [4.78, 5) is 14.3. The molecule has 0 aliphatic rings. The molecule has 0 atom stereocenters. The van der Waals surface area contributed by atoms with Gasteiger partial charge in [-0.3, -0.25) is 10.1 Å². The third kappa shape index (κ3) is 6.02. The molecule has 0 bridgehead atoms. The van der Waals surface area contributed by atoms with Crippen molar-refractivity contribution in [2.75, 3.05) is 19.7 Å². The molecule has 0 saturated heterocycles. The maximum Gasteiger partial charge on any atom is 0.257 e. The highest BCUT2D eigenvalue weighted by atomic mass is 32.1. The van der Waals surface area contributed by atoms with Gasteiger partial charge in [0.15, 0.2) is 5.11 Å². The van der Waals surface area contributed by atoms with Crippen molar-refractivity contribution >= 4 is 23.2 Å². The first-order chi connectivity index (χ1) is 10.6. The van der Waals surface area contributed by atoms with Gasteiger partial charge in [0.25, 0.3) is 5.91 Å². The summed E-state index contributed by atoms with van der Waals surface area (Å²) in [5, 5.41) is 3.31. The van der Waals surface area contributed by atoms with E-state index in [1.165, 1.54) is 0 Å². The molecule has 0 saturated carbocycles. The van der Waals surface area contributed by atoms with E-state index in [1.807, 2.05) is 17.0 Å². The number of nitrogens with one attached hydrogen (secondary N) is 1. The number of rotatable bonds is 8. The molecule has 5 heteroatoms. The normalized spacial score (nSPS) is 10.1. The third-order valence-electron chi connectivity index (χ3n) is 3.08. The molecule has 0 fully saturated rings. The van der Waals surface area contributed by atoms with Gasteiger partial charge in [-0.05, 0) is 55.7 Å². The Kier molecular flexibility index (Phi) is 8.51. The lowest BCUT2D eigenvalue weighted by molar-refractivity contribution is 0.0973. The van der Waals surface area contributed by atoms with Crippen LogP contribution in [0.3, 0.4) is 0 Å². The number of benzene rings is 1. The molecule has 0 heterocycles. The Morgan fingerprint density at radius 3 is 2.18 bits per heavy atom. The molecule has 1 aromatic carbocycles. The fourth-order valence-electron chi connectivity index (χ4n) is 2.03. The zero-order valence-corrected chi connectivity index (χ0v) is 14.5. The fraction of sp³-hybridized carbons (Fsp3) is 0.529. The maximum absolute atomic E-state index is 12.2. The van der Waals surface area contributed by atoms with Gasteiger partial charge in [0, 0.05) is 18.7 Å². The standard InChI is InChI=1S/C17H26N2O2S/c1-4-11-19(12-5-2)17(22)18-16(20)14-7-9-15(10-8-14)21-13-6-3/h7-10H,4-6,11-13H2,1-3H3,(H,18,20,22). The molecule has 4 nitrogen and oxygen atoms in total. The van der Waals surface area contributed by atoms with Crippen LogP contribution < -0.4 is 10.1 Å². The summed E-state index contributed by atoms with van der Waals surface area (Å²) < 4.78 is 5.51. The summed E-state index contributed by atoms with van der Waals surface area (Å²) in [6.07, 6.45) is 2.96. The quantitative estimate of drug-likeness (QED) is 0.742. The number of carbonyl (C=O) groups is 1. The molecular weight excluding hydrogens is 296 g/mol. The van der Waals surface area contributed by atoms with Crippen LogP contribution in [-0.2, 0) is 0 Å².